The zero-order valence-corrected chi connectivity index (χ0v) is 25.5. The van der Waals surface area contributed by atoms with E-state index in [2.05, 4.69) is 71.3 Å². The van der Waals surface area contributed by atoms with Crippen molar-refractivity contribution in [2.45, 2.75) is 99.5 Å². The lowest BCUT2D eigenvalue weighted by molar-refractivity contribution is 0.0814. The molecular weight excluding hydrogens is 505 g/mol. The van der Waals surface area contributed by atoms with Crippen LogP contribution < -0.4 is 0 Å². The van der Waals surface area contributed by atoms with Crippen LogP contribution in [0.1, 0.15) is 85.6 Å². The molecule has 1 heterocycles. The largest absolute Gasteiger partial charge is 0.490 e. The monoisotopic (exact) mass is 554 g/mol. The number of nitrogens with zero attached hydrogens (tertiary/aromatic N) is 2. The van der Waals surface area contributed by atoms with Crippen molar-refractivity contribution < 1.29 is 17.9 Å². The minimum atomic E-state index is -2.12. The van der Waals surface area contributed by atoms with Gasteiger partial charge >= 0.3 is 0 Å². The van der Waals surface area contributed by atoms with Gasteiger partial charge in [-0.3, -0.25) is 4.39 Å². The van der Waals surface area contributed by atoms with Crippen LogP contribution in [-0.4, -0.2) is 24.7 Å². The topological polar surface area (TPSA) is 45.9 Å². The number of thiazole rings is 1. The number of aryl methyl sites for hydroxylation is 1. The molecule has 38 heavy (non-hydrogen) atoms. The molecule has 0 radical (unpaired) electrons. The first-order valence-corrected chi connectivity index (χ1v) is 14.1. The SMILES string of the molecule is C=C/C(=C\C=C\C#N)OC(CC)C(C)C.CCC.CCC(F)F.CCCCc1nc2ccccc2s1.CF. The molecule has 0 amide bonds. The Morgan fingerprint density at radius 2 is 1.68 bits per heavy atom. The molecule has 0 aliphatic heterocycles. The highest BCUT2D eigenvalue weighted by Crippen LogP contribution is 2.22. The fourth-order valence-electron chi connectivity index (χ4n) is 2.56. The summed E-state index contributed by atoms with van der Waals surface area (Å²) >= 11 is 1.83. The maximum atomic E-state index is 10.8. The standard InChI is InChI=1S/C13H19NO.C11H13NS.C3H6F2.C3H8.CH3F/c1-5-12(9-7-8-10-14)15-13(6-2)11(3)4;1-2-3-8-11-12-9-6-4-5-7-10(9)13-11;1-2-3(4)5;1-3-2;1-2/h5,7-9,11,13H,1,6H2,2-4H3;4-7H,2-3,8H2,1H3;3H,2H2,1H3;3H2,1-2H3;1H3/b8-7+,12-9+;;;;. The van der Waals surface area contributed by atoms with Crippen molar-refractivity contribution in [3.63, 3.8) is 0 Å². The average molecular weight is 555 g/mol. The van der Waals surface area contributed by atoms with E-state index in [4.69, 9.17) is 10.00 Å². The molecule has 0 bridgehead atoms. The van der Waals surface area contributed by atoms with Crippen LogP contribution in [0.3, 0.4) is 0 Å². The highest BCUT2D eigenvalue weighted by atomic mass is 32.1. The van der Waals surface area contributed by atoms with Crippen molar-refractivity contribution in [3.8, 4) is 6.07 Å². The Labute approximate surface area is 234 Å². The number of benzene rings is 1. The molecule has 1 atom stereocenters. The van der Waals surface area contributed by atoms with Gasteiger partial charge in [-0.1, -0.05) is 80.0 Å². The summed E-state index contributed by atoms with van der Waals surface area (Å²) in [6, 6.07) is 10.3. The summed E-state index contributed by atoms with van der Waals surface area (Å²) in [5, 5.41) is 9.62. The molecule has 2 aromatic rings. The van der Waals surface area contributed by atoms with E-state index < -0.39 is 6.43 Å². The van der Waals surface area contributed by atoms with Crippen LogP contribution in [0.4, 0.5) is 13.2 Å². The number of para-hydroxylation sites is 1. The number of rotatable bonds is 10. The number of hydrogen-bond acceptors (Lipinski definition) is 4. The summed E-state index contributed by atoms with van der Waals surface area (Å²) in [5.41, 5.74) is 1.15. The predicted molar refractivity (Wildman–Crippen MR) is 161 cm³/mol. The molecule has 0 spiro atoms. The van der Waals surface area contributed by atoms with Crippen LogP contribution in [0.25, 0.3) is 10.2 Å². The van der Waals surface area contributed by atoms with E-state index in [0.29, 0.717) is 18.9 Å². The second-order valence-electron chi connectivity index (χ2n) is 8.26. The summed E-state index contributed by atoms with van der Waals surface area (Å²) < 4.78 is 38.1. The number of halogens is 3. The van der Waals surface area contributed by atoms with E-state index >= 15 is 0 Å². The molecule has 0 saturated carbocycles. The molecule has 7 heteroatoms. The summed E-state index contributed by atoms with van der Waals surface area (Å²) in [6.07, 6.45) is 10.4. The zero-order valence-electron chi connectivity index (χ0n) is 24.6. The summed E-state index contributed by atoms with van der Waals surface area (Å²) in [5.74, 6) is 1.18. The maximum Gasteiger partial charge on any atom is 0.238 e. The van der Waals surface area contributed by atoms with Gasteiger partial charge in [0.1, 0.15) is 11.9 Å². The fraction of sp³-hybridized carbons (Fsp3) is 0.548. The van der Waals surface area contributed by atoms with Crippen LogP contribution in [0.2, 0.25) is 0 Å². The van der Waals surface area contributed by atoms with E-state index in [9.17, 15) is 13.2 Å². The zero-order chi connectivity index (χ0) is 29.8. The Hall–Kier alpha value is -2.59. The van der Waals surface area contributed by atoms with Crippen molar-refractivity contribution in [2.75, 3.05) is 7.18 Å². The third-order valence-electron chi connectivity index (χ3n) is 4.46. The minimum Gasteiger partial charge on any atom is -0.490 e. The number of aromatic nitrogens is 1. The molecule has 1 aromatic heterocycles. The van der Waals surface area contributed by atoms with Gasteiger partial charge in [0.15, 0.2) is 0 Å². The maximum absolute atomic E-state index is 10.8. The molecule has 216 valence electrons. The van der Waals surface area contributed by atoms with E-state index in [1.54, 1.807) is 18.2 Å². The van der Waals surface area contributed by atoms with Gasteiger partial charge in [-0.15, -0.1) is 11.3 Å². The molecule has 0 aliphatic rings. The molecule has 3 nitrogen and oxygen atoms in total. The Kier molecular flexibility index (Phi) is 30.4. The van der Waals surface area contributed by atoms with Gasteiger partial charge in [-0.25, -0.2) is 13.8 Å². The van der Waals surface area contributed by atoms with Crippen LogP contribution in [0.15, 0.2) is 60.9 Å². The molecule has 2 rings (SSSR count). The Bertz CT molecular complexity index is 869. The lowest BCUT2D eigenvalue weighted by Gasteiger charge is -2.21. The number of hydrogen-bond donors (Lipinski definition) is 0. The highest BCUT2D eigenvalue weighted by Gasteiger charge is 2.12. The Morgan fingerprint density at radius 3 is 2.11 bits per heavy atom. The first-order chi connectivity index (χ1) is 18.2. The van der Waals surface area contributed by atoms with Crippen molar-refractivity contribution in [3.05, 3.63) is 65.9 Å². The van der Waals surface area contributed by atoms with Crippen LogP contribution in [0.5, 0.6) is 0 Å². The molecular formula is C31H49F3N2OS. The lowest BCUT2D eigenvalue weighted by Crippen LogP contribution is -2.17. The van der Waals surface area contributed by atoms with Gasteiger partial charge in [0, 0.05) is 12.5 Å². The van der Waals surface area contributed by atoms with Crippen molar-refractivity contribution in [1.29, 1.82) is 5.26 Å². The summed E-state index contributed by atoms with van der Waals surface area (Å²) in [7, 11) is 0.500. The van der Waals surface area contributed by atoms with Gasteiger partial charge in [0.25, 0.3) is 0 Å². The lowest BCUT2D eigenvalue weighted by atomic mass is 10.1. The van der Waals surface area contributed by atoms with Crippen molar-refractivity contribution >= 4 is 21.6 Å². The first kappa shape index (κ1) is 39.9. The normalized spacial score (nSPS) is 11.1. The molecule has 0 N–H and O–H groups in total. The smallest absolute Gasteiger partial charge is 0.238 e. The third-order valence-corrected chi connectivity index (χ3v) is 5.55. The summed E-state index contributed by atoms with van der Waals surface area (Å²) in [6.45, 7) is 17.9. The molecule has 1 aromatic carbocycles. The first-order valence-electron chi connectivity index (χ1n) is 13.3. The molecule has 1 unspecified atom stereocenters. The van der Waals surface area contributed by atoms with E-state index in [1.165, 1.54) is 42.0 Å². The Balaban J connectivity index is -0.000000481. The van der Waals surface area contributed by atoms with Crippen LogP contribution >= 0.6 is 11.3 Å². The molecule has 0 saturated heterocycles. The van der Waals surface area contributed by atoms with Gasteiger partial charge in [-0.05, 0) is 55.5 Å². The van der Waals surface area contributed by atoms with Crippen LogP contribution in [-0.2, 0) is 11.2 Å². The Morgan fingerprint density at radius 1 is 1.11 bits per heavy atom. The number of nitriles is 1. The second-order valence-corrected chi connectivity index (χ2v) is 9.37. The number of ether oxygens (including phenoxy) is 1. The fourth-order valence-corrected chi connectivity index (χ4v) is 3.57. The van der Waals surface area contributed by atoms with E-state index in [0.717, 1.165) is 18.4 Å². The van der Waals surface area contributed by atoms with E-state index in [1.807, 2.05) is 23.5 Å². The quantitative estimate of drug-likeness (QED) is 0.167. The second kappa shape index (κ2) is 29.0. The number of alkyl halides is 3. The minimum absolute atomic E-state index is 0.0278. The average Bonchev–Trinajstić information content (AvgIpc) is 3.34. The van der Waals surface area contributed by atoms with Gasteiger partial charge < -0.3 is 4.74 Å². The summed E-state index contributed by atoms with van der Waals surface area (Å²) in [4.78, 5) is 4.57. The van der Waals surface area contributed by atoms with Gasteiger partial charge in [0.05, 0.1) is 28.5 Å². The van der Waals surface area contributed by atoms with Gasteiger partial charge in [0.2, 0.25) is 6.43 Å². The number of allylic oxidation sites excluding steroid dienone is 4. The van der Waals surface area contributed by atoms with Crippen molar-refractivity contribution in [1.82, 2.24) is 4.98 Å². The van der Waals surface area contributed by atoms with Gasteiger partial charge in [-0.2, -0.15) is 5.26 Å². The predicted octanol–water partition coefficient (Wildman–Crippen LogP) is 10.9. The van der Waals surface area contributed by atoms with E-state index in [-0.39, 0.29) is 12.5 Å². The molecule has 0 aliphatic carbocycles. The third kappa shape index (κ3) is 22.6. The van der Waals surface area contributed by atoms with Crippen molar-refractivity contribution in [2.24, 2.45) is 5.92 Å². The number of unbranched alkanes of at least 4 members (excludes halogenated alkanes) is 1. The van der Waals surface area contributed by atoms with Crippen LogP contribution in [0, 0.1) is 17.2 Å². The number of fused-ring (bicyclic) bond motifs is 1. The molecule has 0 fully saturated rings. The highest BCUT2D eigenvalue weighted by molar-refractivity contribution is 7.18.